The van der Waals surface area contributed by atoms with Gasteiger partial charge in [0.25, 0.3) is 0 Å². The van der Waals surface area contributed by atoms with Gasteiger partial charge in [-0.2, -0.15) is 0 Å². The molecule has 0 spiro atoms. The van der Waals surface area contributed by atoms with Crippen LogP contribution in [0.15, 0.2) is 24.3 Å². The Hall–Kier alpha value is -1.02. The summed E-state index contributed by atoms with van der Waals surface area (Å²) in [5, 5.41) is 9.82. The lowest BCUT2D eigenvalue weighted by Crippen LogP contribution is -2.32. The summed E-state index contributed by atoms with van der Waals surface area (Å²) in [6.07, 6.45) is 7.92. The van der Waals surface area contributed by atoms with Crippen molar-refractivity contribution in [3.05, 3.63) is 29.8 Å². The summed E-state index contributed by atoms with van der Waals surface area (Å²) < 4.78 is 0. The van der Waals surface area contributed by atoms with E-state index >= 15 is 0 Å². The Kier molecular flexibility index (Phi) is 4.02. The summed E-state index contributed by atoms with van der Waals surface area (Å²) in [6.45, 7) is 5.99. The van der Waals surface area contributed by atoms with Crippen LogP contribution < -0.4 is 0 Å². The predicted octanol–water partition coefficient (Wildman–Crippen LogP) is 3.94. The molecule has 2 nitrogen and oxygen atoms in total. The lowest BCUT2D eigenvalue weighted by Gasteiger charge is -2.30. The average Bonchev–Trinajstić information content (AvgIpc) is 3.16. The van der Waals surface area contributed by atoms with Crippen LogP contribution in [0.4, 0.5) is 0 Å². The molecule has 2 fully saturated rings. The predicted molar refractivity (Wildman–Crippen MR) is 83.1 cm³/mol. The number of phenolic OH excluding ortho intramolecular Hbond substituents is 1. The summed E-state index contributed by atoms with van der Waals surface area (Å²) in [6, 6.07) is 8.00. The molecule has 1 atom stereocenters. The minimum Gasteiger partial charge on any atom is -0.508 e. The van der Waals surface area contributed by atoms with Gasteiger partial charge in [0.2, 0.25) is 0 Å². The van der Waals surface area contributed by atoms with Crippen molar-refractivity contribution in [1.29, 1.82) is 0 Å². The van der Waals surface area contributed by atoms with Crippen LogP contribution in [0.1, 0.15) is 51.0 Å². The Balaban J connectivity index is 1.77. The van der Waals surface area contributed by atoms with Crippen molar-refractivity contribution in [2.24, 2.45) is 5.92 Å². The zero-order chi connectivity index (χ0) is 14.0. The molecule has 1 heterocycles. The van der Waals surface area contributed by atoms with Crippen LogP contribution in [-0.2, 0) is 5.41 Å². The van der Waals surface area contributed by atoms with Crippen LogP contribution in [0.5, 0.6) is 5.75 Å². The van der Waals surface area contributed by atoms with Gasteiger partial charge < -0.3 is 10.0 Å². The van der Waals surface area contributed by atoms with Gasteiger partial charge in [-0.05, 0) is 55.8 Å². The van der Waals surface area contributed by atoms with Crippen LogP contribution in [0.3, 0.4) is 0 Å². The highest BCUT2D eigenvalue weighted by atomic mass is 16.3. The summed E-state index contributed by atoms with van der Waals surface area (Å²) in [7, 11) is 0. The molecule has 3 rings (SSSR count). The first-order valence-electron chi connectivity index (χ1n) is 8.24. The number of benzene rings is 1. The van der Waals surface area contributed by atoms with Gasteiger partial charge >= 0.3 is 0 Å². The highest BCUT2D eigenvalue weighted by Crippen LogP contribution is 2.41. The van der Waals surface area contributed by atoms with Crippen molar-refractivity contribution < 1.29 is 5.11 Å². The molecule has 0 bridgehead atoms. The summed E-state index contributed by atoms with van der Waals surface area (Å²) in [5.74, 6) is 1.39. The number of rotatable bonds is 6. The minimum atomic E-state index is 0.281. The first kappa shape index (κ1) is 13.9. The van der Waals surface area contributed by atoms with Crippen molar-refractivity contribution in [3.63, 3.8) is 0 Å². The van der Waals surface area contributed by atoms with Gasteiger partial charge in [-0.25, -0.2) is 0 Å². The van der Waals surface area contributed by atoms with Crippen LogP contribution in [-0.4, -0.2) is 29.6 Å². The maximum absolute atomic E-state index is 9.82. The Morgan fingerprint density at radius 2 is 2.20 bits per heavy atom. The van der Waals surface area contributed by atoms with E-state index in [-0.39, 0.29) is 5.41 Å². The highest BCUT2D eigenvalue weighted by molar-refractivity contribution is 5.34. The molecule has 110 valence electrons. The number of hydrogen-bond acceptors (Lipinski definition) is 2. The van der Waals surface area contributed by atoms with E-state index in [4.69, 9.17) is 0 Å². The molecule has 1 saturated carbocycles. The Morgan fingerprint density at radius 1 is 1.35 bits per heavy atom. The van der Waals surface area contributed by atoms with Gasteiger partial charge in [0.15, 0.2) is 0 Å². The normalized spacial score (nSPS) is 27.1. The molecule has 20 heavy (non-hydrogen) atoms. The molecule has 0 radical (unpaired) electrons. The lowest BCUT2D eigenvalue weighted by atomic mass is 9.75. The number of likely N-dealkylation sites (tertiary alicyclic amines) is 1. The molecule has 1 aromatic carbocycles. The molecule has 1 saturated heterocycles. The molecular formula is C18H27NO. The molecule has 1 aliphatic heterocycles. The van der Waals surface area contributed by atoms with Gasteiger partial charge in [-0.15, -0.1) is 0 Å². The van der Waals surface area contributed by atoms with Gasteiger partial charge in [0, 0.05) is 18.5 Å². The maximum Gasteiger partial charge on any atom is 0.115 e. The average molecular weight is 273 g/mol. The molecule has 0 aromatic heterocycles. The summed E-state index contributed by atoms with van der Waals surface area (Å²) in [4.78, 5) is 2.66. The fourth-order valence-corrected chi connectivity index (χ4v) is 3.71. The third kappa shape index (κ3) is 3.01. The molecule has 2 aliphatic rings. The second kappa shape index (κ2) is 5.77. The van der Waals surface area contributed by atoms with E-state index in [9.17, 15) is 5.11 Å². The van der Waals surface area contributed by atoms with Crippen LogP contribution in [0.25, 0.3) is 0 Å². The molecule has 1 N–H and O–H groups in total. The topological polar surface area (TPSA) is 23.5 Å². The third-order valence-electron chi connectivity index (χ3n) is 5.11. The van der Waals surface area contributed by atoms with Gasteiger partial charge in [-0.1, -0.05) is 31.9 Å². The fourth-order valence-electron chi connectivity index (χ4n) is 3.71. The Labute approximate surface area is 122 Å². The van der Waals surface area contributed by atoms with Crippen molar-refractivity contribution in [2.45, 2.75) is 50.9 Å². The molecule has 0 unspecified atom stereocenters. The number of nitrogens with zero attached hydrogens (tertiary/aromatic N) is 1. The summed E-state index contributed by atoms with van der Waals surface area (Å²) >= 11 is 0. The van der Waals surface area contributed by atoms with E-state index in [2.05, 4.69) is 17.9 Å². The second-order valence-corrected chi connectivity index (χ2v) is 6.86. The largest absolute Gasteiger partial charge is 0.508 e. The van der Waals surface area contributed by atoms with E-state index < -0.39 is 0 Å². The number of hydrogen-bond donors (Lipinski definition) is 1. The van der Waals surface area contributed by atoms with Crippen molar-refractivity contribution in [2.75, 3.05) is 19.6 Å². The first-order chi connectivity index (χ1) is 9.72. The molecule has 0 amide bonds. The van der Waals surface area contributed by atoms with E-state index in [0.717, 1.165) is 5.92 Å². The molecule has 1 aromatic rings. The smallest absolute Gasteiger partial charge is 0.115 e. The standard InChI is InChI=1S/C18H27NO/c1-2-3-9-18(16-5-4-6-17(20)12-16)10-11-19(14-18)13-15-7-8-15/h4-6,12,15,20H,2-3,7-11,13-14H2,1H3/t18-/m0/s1. The first-order valence-corrected chi connectivity index (χ1v) is 8.24. The van der Waals surface area contributed by atoms with E-state index in [1.807, 2.05) is 12.1 Å². The van der Waals surface area contributed by atoms with E-state index in [0.29, 0.717) is 5.75 Å². The Bertz CT molecular complexity index is 454. The quantitative estimate of drug-likeness (QED) is 0.848. The summed E-state index contributed by atoms with van der Waals surface area (Å²) in [5.41, 5.74) is 1.63. The van der Waals surface area contributed by atoms with Crippen molar-refractivity contribution >= 4 is 0 Å². The van der Waals surface area contributed by atoms with Crippen LogP contribution >= 0.6 is 0 Å². The monoisotopic (exact) mass is 273 g/mol. The molecular weight excluding hydrogens is 246 g/mol. The highest BCUT2D eigenvalue weighted by Gasteiger charge is 2.40. The fraction of sp³-hybridized carbons (Fsp3) is 0.667. The van der Waals surface area contributed by atoms with Gasteiger partial charge in [0.1, 0.15) is 5.75 Å². The Morgan fingerprint density at radius 3 is 2.90 bits per heavy atom. The van der Waals surface area contributed by atoms with Gasteiger partial charge in [0.05, 0.1) is 0 Å². The zero-order valence-electron chi connectivity index (χ0n) is 12.6. The minimum absolute atomic E-state index is 0.281. The third-order valence-corrected chi connectivity index (χ3v) is 5.11. The van der Waals surface area contributed by atoms with Gasteiger partial charge in [-0.3, -0.25) is 0 Å². The maximum atomic E-state index is 9.82. The number of phenols is 1. The van der Waals surface area contributed by atoms with Crippen molar-refractivity contribution in [3.8, 4) is 5.75 Å². The second-order valence-electron chi connectivity index (χ2n) is 6.86. The van der Waals surface area contributed by atoms with Crippen LogP contribution in [0.2, 0.25) is 0 Å². The number of aromatic hydroxyl groups is 1. The SMILES string of the molecule is CCCC[C@]1(c2cccc(O)c2)CCN(CC2CC2)C1. The van der Waals surface area contributed by atoms with Crippen LogP contribution in [0, 0.1) is 5.92 Å². The van der Waals surface area contributed by atoms with E-state index in [1.165, 1.54) is 63.7 Å². The molecule has 2 heteroatoms. The lowest BCUT2D eigenvalue weighted by molar-refractivity contribution is 0.289. The molecule has 1 aliphatic carbocycles. The van der Waals surface area contributed by atoms with E-state index in [1.54, 1.807) is 6.07 Å². The number of unbranched alkanes of at least 4 members (excludes halogenated alkanes) is 1. The van der Waals surface area contributed by atoms with Crippen molar-refractivity contribution in [1.82, 2.24) is 4.90 Å². The zero-order valence-corrected chi connectivity index (χ0v) is 12.6.